The van der Waals surface area contributed by atoms with E-state index < -0.39 is 102 Å². The number of carbonyl (C=O) groups excluding carboxylic acids is 8. The number of benzene rings is 2. The number of aromatic hydroxyl groups is 1. The summed E-state index contributed by atoms with van der Waals surface area (Å²) in [5.41, 5.74) is 18.6. The zero-order chi connectivity index (χ0) is 47.4. The summed E-state index contributed by atoms with van der Waals surface area (Å²) in [6.45, 7) is 8.34. The van der Waals surface area contributed by atoms with Crippen molar-refractivity contribution in [1.82, 2.24) is 36.5 Å². The minimum atomic E-state index is -1.65. The molecule has 2 heterocycles. The second-order valence-electron chi connectivity index (χ2n) is 16.9. The number of phenolic OH excluding ortho intramolecular Hbond substituents is 1. The first-order valence-corrected chi connectivity index (χ1v) is 21.3. The highest BCUT2D eigenvalue weighted by molar-refractivity contribution is 5.98. The van der Waals surface area contributed by atoms with Crippen molar-refractivity contribution in [3.63, 3.8) is 0 Å². The van der Waals surface area contributed by atoms with E-state index in [0.717, 1.165) is 10.9 Å². The summed E-state index contributed by atoms with van der Waals surface area (Å²) >= 11 is 0. The number of rotatable bonds is 22. The first kappa shape index (κ1) is 50.1. The lowest BCUT2D eigenvalue weighted by Gasteiger charge is -2.32. The minimum Gasteiger partial charge on any atom is -0.508 e. The van der Waals surface area contributed by atoms with E-state index in [2.05, 4.69) is 31.6 Å². The van der Waals surface area contributed by atoms with E-state index in [9.17, 15) is 48.6 Å². The molecule has 1 saturated heterocycles. The lowest BCUT2D eigenvalue weighted by molar-refractivity contribution is -0.142. The highest BCUT2D eigenvalue weighted by Crippen LogP contribution is 2.23. The third-order valence-electron chi connectivity index (χ3n) is 11.2. The van der Waals surface area contributed by atoms with Crippen molar-refractivity contribution >= 4 is 58.2 Å². The maximum Gasteiger partial charge on any atom is 0.246 e. The lowest BCUT2D eigenvalue weighted by atomic mass is 9.98. The Hall–Kier alpha value is -6.54. The number of phenols is 1. The highest BCUT2D eigenvalue weighted by Gasteiger charge is 2.41. The van der Waals surface area contributed by atoms with Crippen LogP contribution in [-0.2, 0) is 51.2 Å². The molecule has 4 rings (SSSR count). The molecule has 1 aromatic heterocycles. The van der Waals surface area contributed by atoms with Gasteiger partial charge in [-0.05, 0) is 67.3 Å². The van der Waals surface area contributed by atoms with Crippen LogP contribution < -0.4 is 43.8 Å². The molecule has 64 heavy (non-hydrogen) atoms. The number of hydrogen-bond acceptors (Lipinski definition) is 11. The van der Waals surface area contributed by atoms with Gasteiger partial charge in [0.1, 0.15) is 42.0 Å². The van der Waals surface area contributed by atoms with Crippen LogP contribution in [0.4, 0.5) is 0 Å². The summed E-state index contributed by atoms with van der Waals surface area (Å²) in [6.07, 6.45) is 0.0576. The van der Waals surface area contributed by atoms with Crippen molar-refractivity contribution in [1.29, 1.82) is 0 Å². The maximum absolute atomic E-state index is 14.6. The number of nitrogens with zero attached hydrogens (tertiary/aromatic N) is 1. The van der Waals surface area contributed by atoms with Crippen LogP contribution in [0.15, 0.2) is 54.7 Å². The number of aromatic amines is 1. The number of carbonyl (C=O) groups is 8. The molecule has 8 atom stereocenters. The summed E-state index contributed by atoms with van der Waals surface area (Å²) in [6, 6.07) is 4.55. The number of aliphatic hydroxyl groups excluding tert-OH is 1. The third-order valence-corrected chi connectivity index (χ3v) is 11.2. The lowest BCUT2D eigenvalue weighted by Crippen LogP contribution is -2.61. The van der Waals surface area contributed by atoms with Gasteiger partial charge in [-0.25, -0.2) is 0 Å². The fourth-order valence-electron chi connectivity index (χ4n) is 7.41. The van der Waals surface area contributed by atoms with Crippen LogP contribution in [0.25, 0.3) is 10.9 Å². The maximum atomic E-state index is 14.6. The van der Waals surface area contributed by atoms with Crippen LogP contribution >= 0.6 is 0 Å². The molecule has 20 nitrogen and oxygen atoms in total. The largest absolute Gasteiger partial charge is 0.508 e. The molecule has 348 valence electrons. The molecular weight excluding hydrogens is 829 g/mol. The van der Waals surface area contributed by atoms with E-state index in [4.69, 9.17) is 17.2 Å². The molecule has 0 bridgehead atoms. The van der Waals surface area contributed by atoms with Crippen molar-refractivity contribution in [3.8, 4) is 5.75 Å². The summed E-state index contributed by atoms with van der Waals surface area (Å²) in [5, 5.41) is 34.4. The summed E-state index contributed by atoms with van der Waals surface area (Å²) in [7, 11) is 0. The Balaban J connectivity index is 1.62. The van der Waals surface area contributed by atoms with Gasteiger partial charge in [0.05, 0.1) is 12.1 Å². The van der Waals surface area contributed by atoms with E-state index in [1.165, 1.54) is 24.0 Å². The van der Waals surface area contributed by atoms with Gasteiger partial charge in [-0.3, -0.25) is 38.4 Å². The number of H-pyrrole nitrogens is 1. The van der Waals surface area contributed by atoms with Gasteiger partial charge < -0.3 is 63.9 Å². The predicted molar refractivity (Wildman–Crippen MR) is 235 cm³/mol. The molecule has 20 heteroatoms. The van der Waals surface area contributed by atoms with Gasteiger partial charge in [0.25, 0.3) is 0 Å². The van der Waals surface area contributed by atoms with Gasteiger partial charge in [-0.15, -0.1) is 0 Å². The molecule has 0 spiro atoms. The summed E-state index contributed by atoms with van der Waals surface area (Å²) < 4.78 is 0. The number of amides is 8. The number of aromatic nitrogens is 1. The Bertz CT molecular complexity index is 2160. The van der Waals surface area contributed by atoms with Crippen LogP contribution in [0.3, 0.4) is 0 Å². The highest BCUT2D eigenvalue weighted by atomic mass is 16.3. The van der Waals surface area contributed by atoms with Crippen molar-refractivity contribution in [2.75, 3.05) is 6.54 Å². The van der Waals surface area contributed by atoms with E-state index in [1.54, 1.807) is 52.1 Å². The fourth-order valence-corrected chi connectivity index (χ4v) is 7.41. The number of hydrogen-bond donors (Lipinski definition) is 11. The fraction of sp³-hybridized carbons (Fsp3) is 0.500. The monoisotopic (exact) mass is 890 g/mol. The Morgan fingerprint density at radius 2 is 1.38 bits per heavy atom. The first-order valence-electron chi connectivity index (χ1n) is 21.3. The van der Waals surface area contributed by atoms with Crippen molar-refractivity contribution in [2.45, 2.75) is 122 Å². The minimum absolute atomic E-state index is 0.0160. The Kier molecular flexibility index (Phi) is 17.8. The van der Waals surface area contributed by atoms with E-state index in [-0.39, 0.29) is 50.3 Å². The number of nitrogens with one attached hydrogen (secondary N) is 6. The molecule has 14 N–H and O–H groups in total. The van der Waals surface area contributed by atoms with Gasteiger partial charge in [0.15, 0.2) is 0 Å². The molecule has 8 amide bonds. The standard InChI is InChI=1S/C44H62N10O10/c1-22(2)35(46)41(61)52-36(23(3)4)42(62)51-32(19-25-12-14-27(56)15-13-25)44(64)54-18-8-11-33(54)40(60)50-31(20-26-21-48-29-10-7-6-9-28(26)29)39(59)53-37(24(5)55)43(63)49-30(38(47)58)16-17-34(45)57/h6-7,9-10,12-15,21-24,30-33,35-37,48,55-56H,8,11,16-20,46H2,1-5H3,(H2,45,57)(H2,47,58)(H,49,63)(H,50,60)(H,51,62)(H,52,61)(H,53,59)/t24-,30+,31+,32+,33+,35+,36+,37+/m1/s1. The average molecular weight is 891 g/mol. The van der Waals surface area contributed by atoms with E-state index in [1.807, 2.05) is 18.2 Å². The molecule has 0 saturated carbocycles. The van der Waals surface area contributed by atoms with Gasteiger partial charge in [0, 0.05) is 42.9 Å². The number of nitrogens with two attached hydrogens (primary N) is 3. The molecule has 1 aliphatic heterocycles. The number of likely N-dealkylation sites (tertiary alicyclic amines) is 1. The molecule has 0 unspecified atom stereocenters. The molecule has 2 aromatic carbocycles. The normalized spacial score (nSPS) is 17.1. The summed E-state index contributed by atoms with van der Waals surface area (Å²) in [4.78, 5) is 111. The second-order valence-corrected chi connectivity index (χ2v) is 16.9. The molecule has 1 fully saturated rings. The average Bonchev–Trinajstić information content (AvgIpc) is 3.90. The topological polar surface area (TPSA) is 334 Å². The van der Waals surface area contributed by atoms with Gasteiger partial charge >= 0.3 is 0 Å². The summed E-state index contributed by atoms with van der Waals surface area (Å²) in [5.74, 6) is -6.78. The van der Waals surface area contributed by atoms with E-state index in [0.29, 0.717) is 17.5 Å². The SMILES string of the molecule is CC(C)[C@H](N)C(=O)N[C@H](C(=O)N[C@@H](Cc1ccc(O)cc1)C(=O)N1CCC[C@H]1C(=O)N[C@@H](Cc1c[nH]c2ccccc12)C(=O)N[C@H](C(=O)N[C@@H](CCC(N)=O)C(N)=O)[C@@H](C)O)C(C)C. The molecule has 1 aliphatic rings. The smallest absolute Gasteiger partial charge is 0.246 e. The quantitative estimate of drug-likeness (QED) is 0.0572. The van der Waals surface area contributed by atoms with Crippen LogP contribution in [0.1, 0.15) is 71.4 Å². The van der Waals surface area contributed by atoms with Crippen molar-refractivity contribution in [2.24, 2.45) is 29.0 Å². The van der Waals surface area contributed by atoms with E-state index >= 15 is 0 Å². The van der Waals surface area contributed by atoms with Crippen molar-refractivity contribution < 1.29 is 48.6 Å². The Morgan fingerprint density at radius 3 is 1.98 bits per heavy atom. The molecule has 0 radical (unpaired) electrons. The molecular formula is C44H62N10O10. The number of aliphatic hydroxyl groups is 1. The van der Waals surface area contributed by atoms with Crippen LogP contribution in [0.2, 0.25) is 0 Å². The van der Waals surface area contributed by atoms with Gasteiger partial charge in [-0.2, -0.15) is 0 Å². The molecule has 3 aromatic rings. The van der Waals surface area contributed by atoms with Gasteiger partial charge in [0.2, 0.25) is 47.3 Å². The van der Waals surface area contributed by atoms with Crippen LogP contribution in [0, 0.1) is 11.8 Å². The first-order chi connectivity index (χ1) is 30.2. The zero-order valence-corrected chi connectivity index (χ0v) is 36.8. The number of primary amides is 2. The van der Waals surface area contributed by atoms with Crippen molar-refractivity contribution in [3.05, 3.63) is 65.9 Å². The van der Waals surface area contributed by atoms with Crippen LogP contribution in [-0.4, -0.2) is 122 Å². The Morgan fingerprint density at radius 1 is 0.750 bits per heavy atom. The third kappa shape index (κ3) is 13.5. The number of fused-ring (bicyclic) bond motifs is 1. The second kappa shape index (κ2) is 22.7. The van der Waals surface area contributed by atoms with Crippen LogP contribution in [0.5, 0.6) is 5.75 Å². The number of para-hydroxylation sites is 1. The van der Waals surface area contributed by atoms with Gasteiger partial charge in [-0.1, -0.05) is 58.0 Å². The molecule has 0 aliphatic carbocycles. The zero-order valence-electron chi connectivity index (χ0n) is 36.8. The Labute approximate surface area is 371 Å². The predicted octanol–water partition coefficient (Wildman–Crippen LogP) is -1.16.